The van der Waals surface area contributed by atoms with Crippen LogP contribution in [0, 0.1) is 5.92 Å². The molecule has 0 aromatic heterocycles. The van der Waals surface area contributed by atoms with E-state index in [4.69, 9.17) is 0 Å². The van der Waals surface area contributed by atoms with Crippen LogP contribution in [0.4, 0.5) is 5.69 Å². The maximum Gasteiger partial charge on any atom is 0.229 e. The number of anilines is 1. The molecule has 1 aromatic rings. The molecule has 1 aliphatic rings. The SMILES string of the molecule is CCNC(=NCc1ccccc1NS(C)(=O)=O)NC1CC1C.I. The second-order valence-electron chi connectivity index (χ2n) is 5.69. The molecule has 0 saturated heterocycles. The molecule has 1 aromatic carbocycles. The van der Waals surface area contributed by atoms with Crippen LogP contribution in [0.1, 0.15) is 25.8 Å². The van der Waals surface area contributed by atoms with Crippen molar-refractivity contribution in [3.8, 4) is 0 Å². The molecule has 0 radical (unpaired) electrons. The molecule has 1 aliphatic carbocycles. The number of aliphatic imine (C=N–C) groups is 1. The van der Waals surface area contributed by atoms with Gasteiger partial charge < -0.3 is 10.6 Å². The number of guanidine groups is 1. The number of hydrogen-bond donors (Lipinski definition) is 3. The fourth-order valence-corrected chi connectivity index (χ4v) is 2.74. The van der Waals surface area contributed by atoms with E-state index in [9.17, 15) is 8.42 Å². The zero-order chi connectivity index (χ0) is 16.2. The number of sulfonamides is 1. The van der Waals surface area contributed by atoms with Crippen molar-refractivity contribution in [2.24, 2.45) is 10.9 Å². The summed E-state index contributed by atoms with van der Waals surface area (Å²) in [5, 5.41) is 6.59. The first-order valence-electron chi connectivity index (χ1n) is 7.49. The van der Waals surface area contributed by atoms with E-state index in [2.05, 4.69) is 27.3 Å². The third kappa shape index (κ3) is 6.94. The quantitative estimate of drug-likeness (QED) is 0.351. The van der Waals surface area contributed by atoms with Crippen LogP contribution in [0.25, 0.3) is 0 Å². The van der Waals surface area contributed by atoms with Gasteiger partial charge in [-0.3, -0.25) is 4.72 Å². The van der Waals surface area contributed by atoms with E-state index in [1.54, 1.807) is 12.1 Å². The average molecular weight is 452 g/mol. The molecule has 2 atom stereocenters. The van der Waals surface area contributed by atoms with Crippen LogP contribution in [-0.2, 0) is 16.6 Å². The van der Waals surface area contributed by atoms with Crippen LogP contribution in [0.2, 0.25) is 0 Å². The van der Waals surface area contributed by atoms with Crippen molar-refractivity contribution in [1.29, 1.82) is 0 Å². The topological polar surface area (TPSA) is 82.6 Å². The minimum absolute atomic E-state index is 0. The van der Waals surface area contributed by atoms with Crippen molar-refractivity contribution in [3.63, 3.8) is 0 Å². The van der Waals surface area contributed by atoms with Gasteiger partial charge in [-0.1, -0.05) is 25.1 Å². The summed E-state index contributed by atoms with van der Waals surface area (Å²) in [7, 11) is -3.29. The highest BCUT2D eigenvalue weighted by Crippen LogP contribution is 2.28. The van der Waals surface area contributed by atoms with Crippen molar-refractivity contribution in [1.82, 2.24) is 10.6 Å². The number of para-hydroxylation sites is 1. The van der Waals surface area contributed by atoms with Gasteiger partial charge in [0.25, 0.3) is 0 Å². The number of rotatable bonds is 6. The summed E-state index contributed by atoms with van der Waals surface area (Å²) < 4.78 is 25.4. The predicted octanol–water partition coefficient (Wildman–Crippen LogP) is 2.14. The van der Waals surface area contributed by atoms with E-state index in [1.807, 2.05) is 19.1 Å². The zero-order valence-corrected chi connectivity index (χ0v) is 16.8. The Hall–Kier alpha value is -1.03. The van der Waals surface area contributed by atoms with Gasteiger partial charge in [-0.2, -0.15) is 0 Å². The normalized spacial score (nSPS) is 20.4. The van der Waals surface area contributed by atoms with Crippen molar-refractivity contribution < 1.29 is 8.42 Å². The molecule has 0 heterocycles. The molecule has 0 bridgehead atoms. The van der Waals surface area contributed by atoms with Crippen molar-refractivity contribution in [2.75, 3.05) is 17.5 Å². The molecule has 8 heteroatoms. The fraction of sp³-hybridized carbons (Fsp3) is 0.533. The Morgan fingerprint density at radius 2 is 2.00 bits per heavy atom. The van der Waals surface area contributed by atoms with Crippen molar-refractivity contribution >= 4 is 45.6 Å². The lowest BCUT2D eigenvalue weighted by molar-refractivity contribution is 0.606. The lowest BCUT2D eigenvalue weighted by atomic mass is 10.2. The Balaban J connectivity index is 0.00000264. The maximum atomic E-state index is 11.4. The third-order valence-electron chi connectivity index (χ3n) is 3.50. The Morgan fingerprint density at radius 1 is 1.35 bits per heavy atom. The highest BCUT2D eigenvalue weighted by Gasteiger charge is 2.33. The molecular weight excluding hydrogens is 427 g/mol. The highest BCUT2D eigenvalue weighted by molar-refractivity contribution is 14.0. The highest BCUT2D eigenvalue weighted by atomic mass is 127. The second kappa shape index (κ2) is 8.72. The third-order valence-corrected chi connectivity index (χ3v) is 4.09. The van der Waals surface area contributed by atoms with Gasteiger partial charge in [-0.25, -0.2) is 13.4 Å². The monoisotopic (exact) mass is 452 g/mol. The largest absolute Gasteiger partial charge is 0.357 e. The van der Waals surface area contributed by atoms with E-state index in [0.29, 0.717) is 24.2 Å². The molecule has 1 saturated carbocycles. The number of halogens is 1. The van der Waals surface area contributed by atoms with Crippen LogP contribution in [0.5, 0.6) is 0 Å². The number of nitrogens with zero attached hydrogens (tertiary/aromatic N) is 1. The van der Waals surface area contributed by atoms with Gasteiger partial charge in [-0.05, 0) is 30.9 Å². The van der Waals surface area contributed by atoms with E-state index in [-0.39, 0.29) is 24.0 Å². The van der Waals surface area contributed by atoms with Crippen molar-refractivity contribution in [2.45, 2.75) is 32.9 Å². The number of hydrogen-bond acceptors (Lipinski definition) is 3. The van der Waals surface area contributed by atoms with Crippen molar-refractivity contribution in [3.05, 3.63) is 29.8 Å². The smallest absolute Gasteiger partial charge is 0.229 e. The van der Waals surface area contributed by atoms with Crippen LogP contribution >= 0.6 is 24.0 Å². The Morgan fingerprint density at radius 3 is 2.57 bits per heavy atom. The molecule has 2 unspecified atom stereocenters. The minimum Gasteiger partial charge on any atom is -0.357 e. The molecule has 6 nitrogen and oxygen atoms in total. The molecule has 2 rings (SSSR count). The molecular formula is C15H25IN4O2S. The number of nitrogens with one attached hydrogen (secondary N) is 3. The maximum absolute atomic E-state index is 11.4. The first-order valence-corrected chi connectivity index (χ1v) is 9.38. The van der Waals surface area contributed by atoms with E-state index in [0.717, 1.165) is 30.7 Å². The van der Waals surface area contributed by atoms with Gasteiger partial charge >= 0.3 is 0 Å². The molecule has 3 N–H and O–H groups in total. The molecule has 0 aliphatic heterocycles. The lowest BCUT2D eigenvalue weighted by Gasteiger charge is -2.12. The summed E-state index contributed by atoms with van der Waals surface area (Å²) in [6.45, 7) is 5.42. The van der Waals surface area contributed by atoms with Gasteiger partial charge in [0, 0.05) is 12.6 Å². The standard InChI is InChI=1S/C15H24N4O2S.HI/c1-4-16-15(18-14-9-11(14)2)17-10-12-7-5-6-8-13(12)19-22(3,20)21;/h5-8,11,14,19H,4,9-10H2,1-3H3,(H2,16,17,18);1H. The Bertz CT molecular complexity index is 649. The Kier molecular flexibility index (Phi) is 7.59. The number of benzene rings is 1. The zero-order valence-electron chi connectivity index (χ0n) is 13.7. The molecule has 23 heavy (non-hydrogen) atoms. The van der Waals surface area contributed by atoms with E-state index in [1.165, 1.54) is 0 Å². The average Bonchev–Trinajstić information content (AvgIpc) is 3.11. The molecule has 130 valence electrons. The molecule has 0 amide bonds. The first kappa shape index (κ1) is 20.0. The summed E-state index contributed by atoms with van der Waals surface area (Å²) in [4.78, 5) is 4.55. The van der Waals surface area contributed by atoms with Gasteiger partial charge in [0.05, 0.1) is 18.5 Å². The molecule has 0 spiro atoms. The van der Waals surface area contributed by atoms with Crippen LogP contribution in [-0.4, -0.2) is 33.2 Å². The first-order chi connectivity index (χ1) is 10.4. The van der Waals surface area contributed by atoms with Gasteiger partial charge in [0.2, 0.25) is 10.0 Å². The van der Waals surface area contributed by atoms with Gasteiger partial charge in [-0.15, -0.1) is 24.0 Å². The van der Waals surface area contributed by atoms with E-state index < -0.39 is 10.0 Å². The molecule has 1 fully saturated rings. The summed E-state index contributed by atoms with van der Waals surface area (Å²) in [6, 6.07) is 7.79. The fourth-order valence-electron chi connectivity index (χ4n) is 2.14. The lowest BCUT2D eigenvalue weighted by Crippen LogP contribution is -2.39. The van der Waals surface area contributed by atoms with Gasteiger partial charge in [0.1, 0.15) is 0 Å². The van der Waals surface area contributed by atoms with Crippen LogP contribution in [0.3, 0.4) is 0 Å². The van der Waals surface area contributed by atoms with Gasteiger partial charge in [0.15, 0.2) is 5.96 Å². The van der Waals surface area contributed by atoms with E-state index >= 15 is 0 Å². The Labute approximate surface area is 155 Å². The predicted molar refractivity (Wildman–Crippen MR) is 106 cm³/mol. The summed E-state index contributed by atoms with van der Waals surface area (Å²) in [6.07, 6.45) is 2.31. The summed E-state index contributed by atoms with van der Waals surface area (Å²) >= 11 is 0. The summed E-state index contributed by atoms with van der Waals surface area (Å²) in [5.74, 6) is 1.45. The van der Waals surface area contributed by atoms with Crippen LogP contribution < -0.4 is 15.4 Å². The van der Waals surface area contributed by atoms with Crippen LogP contribution in [0.15, 0.2) is 29.3 Å². The second-order valence-corrected chi connectivity index (χ2v) is 7.44. The minimum atomic E-state index is -3.29. The summed E-state index contributed by atoms with van der Waals surface area (Å²) in [5.41, 5.74) is 1.42.